The van der Waals surface area contributed by atoms with Crippen LogP contribution in [-0.4, -0.2) is 44.3 Å². The topological polar surface area (TPSA) is 86.8 Å². The van der Waals surface area contributed by atoms with Crippen LogP contribution in [0.3, 0.4) is 0 Å². The maximum absolute atomic E-state index is 13.9. The quantitative estimate of drug-likeness (QED) is 0.308. The fourth-order valence-corrected chi connectivity index (χ4v) is 5.83. The fraction of sp³-hybridized carbons (Fsp3) is 0.286. The van der Waals surface area contributed by atoms with E-state index in [0.717, 1.165) is 16.3 Å². The molecule has 1 atom stereocenters. The standard InChI is InChI=1S/C28H31Cl2N3O4S/c1-3-18-31-28(35)25(4-2)32(19-21-14-16-22(29)17-15-21)27(34)20-33(26-13-9-8-12-24(26)30)38(36,37)23-10-6-5-7-11-23/h5-17,25H,3-4,18-20H2,1-2H3,(H,31,35)/t25-/m1/s1. The predicted octanol–water partition coefficient (Wildman–Crippen LogP) is 5.52. The van der Waals surface area contributed by atoms with Crippen LogP contribution in [0.1, 0.15) is 32.3 Å². The van der Waals surface area contributed by atoms with Crippen molar-refractivity contribution in [2.24, 2.45) is 0 Å². The van der Waals surface area contributed by atoms with Crippen LogP contribution < -0.4 is 9.62 Å². The van der Waals surface area contributed by atoms with Gasteiger partial charge in [0.15, 0.2) is 0 Å². The zero-order chi connectivity index (χ0) is 27.7. The molecular weight excluding hydrogens is 545 g/mol. The normalized spacial score (nSPS) is 12.0. The third kappa shape index (κ3) is 7.28. The largest absolute Gasteiger partial charge is 0.354 e. The van der Waals surface area contributed by atoms with Crippen LogP contribution in [0, 0.1) is 0 Å². The van der Waals surface area contributed by atoms with Crippen molar-refractivity contribution in [1.82, 2.24) is 10.2 Å². The van der Waals surface area contributed by atoms with Gasteiger partial charge in [0.2, 0.25) is 11.8 Å². The van der Waals surface area contributed by atoms with Gasteiger partial charge in [0, 0.05) is 18.1 Å². The van der Waals surface area contributed by atoms with Crippen molar-refractivity contribution in [2.75, 3.05) is 17.4 Å². The summed E-state index contributed by atoms with van der Waals surface area (Å²) in [6, 6.07) is 20.4. The van der Waals surface area contributed by atoms with Crippen molar-refractivity contribution in [1.29, 1.82) is 0 Å². The van der Waals surface area contributed by atoms with Crippen LogP contribution in [0.4, 0.5) is 5.69 Å². The maximum Gasteiger partial charge on any atom is 0.264 e. The molecule has 0 bridgehead atoms. The second-order valence-electron chi connectivity index (χ2n) is 8.64. The number of nitrogens with one attached hydrogen (secondary N) is 1. The summed E-state index contributed by atoms with van der Waals surface area (Å²) in [5, 5.41) is 3.57. The molecule has 1 N–H and O–H groups in total. The summed E-state index contributed by atoms with van der Waals surface area (Å²) in [5.41, 5.74) is 0.918. The van der Waals surface area contributed by atoms with Crippen molar-refractivity contribution >= 4 is 50.7 Å². The van der Waals surface area contributed by atoms with Crippen LogP contribution in [0.5, 0.6) is 0 Å². The first-order chi connectivity index (χ1) is 18.2. The molecule has 0 radical (unpaired) electrons. The smallest absolute Gasteiger partial charge is 0.264 e. The van der Waals surface area contributed by atoms with E-state index < -0.39 is 28.5 Å². The van der Waals surface area contributed by atoms with Gasteiger partial charge in [-0.3, -0.25) is 13.9 Å². The van der Waals surface area contributed by atoms with Gasteiger partial charge in [-0.15, -0.1) is 0 Å². The highest BCUT2D eigenvalue weighted by Crippen LogP contribution is 2.30. The van der Waals surface area contributed by atoms with E-state index in [1.807, 2.05) is 13.8 Å². The van der Waals surface area contributed by atoms with E-state index >= 15 is 0 Å². The molecule has 2 amide bonds. The zero-order valence-electron chi connectivity index (χ0n) is 21.3. The number of sulfonamides is 1. The maximum atomic E-state index is 13.9. The average Bonchev–Trinajstić information content (AvgIpc) is 2.92. The van der Waals surface area contributed by atoms with E-state index in [1.54, 1.807) is 66.7 Å². The molecule has 0 fully saturated rings. The van der Waals surface area contributed by atoms with Gasteiger partial charge in [0.05, 0.1) is 15.6 Å². The van der Waals surface area contributed by atoms with Crippen LogP contribution in [0.2, 0.25) is 10.0 Å². The Morgan fingerprint density at radius 1 is 0.895 bits per heavy atom. The van der Waals surface area contributed by atoms with Crippen molar-refractivity contribution in [2.45, 2.75) is 44.2 Å². The predicted molar refractivity (Wildman–Crippen MR) is 152 cm³/mol. The first-order valence-corrected chi connectivity index (χ1v) is 14.5. The van der Waals surface area contributed by atoms with Gasteiger partial charge < -0.3 is 10.2 Å². The molecule has 0 heterocycles. The van der Waals surface area contributed by atoms with Gasteiger partial charge in [0.1, 0.15) is 12.6 Å². The fourth-order valence-electron chi connectivity index (χ4n) is 3.96. The van der Waals surface area contributed by atoms with Crippen LogP contribution >= 0.6 is 23.2 Å². The summed E-state index contributed by atoms with van der Waals surface area (Å²) in [6.45, 7) is 3.76. The van der Waals surface area contributed by atoms with Gasteiger partial charge in [-0.2, -0.15) is 0 Å². The Kier molecular flexibility index (Phi) is 10.6. The van der Waals surface area contributed by atoms with E-state index in [0.29, 0.717) is 18.0 Å². The first kappa shape index (κ1) is 29.5. The highest BCUT2D eigenvalue weighted by atomic mass is 35.5. The minimum atomic E-state index is -4.17. The molecule has 0 spiro atoms. The number of para-hydroxylation sites is 1. The Morgan fingerprint density at radius 3 is 2.13 bits per heavy atom. The molecule has 3 rings (SSSR count). The number of nitrogens with zero attached hydrogens (tertiary/aromatic N) is 2. The lowest BCUT2D eigenvalue weighted by Crippen LogP contribution is -2.52. The molecule has 0 aromatic heterocycles. The minimum Gasteiger partial charge on any atom is -0.354 e. The van der Waals surface area contributed by atoms with E-state index in [1.165, 1.54) is 17.0 Å². The second-order valence-corrected chi connectivity index (χ2v) is 11.3. The monoisotopic (exact) mass is 575 g/mol. The highest BCUT2D eigenvalue weighted by molar-refractivity contribution is 7.92. The third-order valence-electron chi connectivity index (χ3n) is 5.93. The van der Waals surface area contributed by atoms with Crippen molar-refractivity contribution in [3.05, 3.63) is 94.5 Å². The van der Waals surface area contributed by atoms with Gasteiger partial charge in [-0.05, 0) is 54.8 Å². The Hall–Kier alpha value is -3.07. The minimum absolute atomic E-state index is 0.0182. The molecule has 0 aliphatic carbocycles. The van der Waals surface area contributed by atoms with E-state index in [9.17, 15) is 18.0 Å². The van der Waals surface area contributed by atoms with Crippen molar-refractivity contribution < 1.29 is 18.0 Å². The van der Waals surface area contributed by atoms with Gasteiger partial charge in [-0.1, -0.05) is 79.5 Å². The summed E-state index contributed by atoms with van der Waals surface area (Å²) >= 11 is 12.4. The number of amides is 2. The lowest BCUT2D eigenvalue weighted by atomic mass is 10.1. The van der Waals surface area contributed by atoms with E-state index in [-0.39, 0.29) is 28.1 Å². The Morgan fingerprint density at radius 2 is 1.53 bits per heavy atom. The Balaban J connectivity index is 2.04. The summed E-state index contributed by atoms with van der Waals surface area (Å²) in [7, 11) is -4.17. The molecule has 0 aliphatic heterocycles. The van der Waals surface area contributed by atoms with E-state index in [2.05, 4.69) is 5.32 Å². The molecule has 0 saturated carbocycles. The molecule has 10 heteroatoms. The molecule has 38 heavy (non-hydrogen) atoms. The zero-order valence-corrected chi connectivity index (χ0v) is 23.6. The molecule has 7 nitrogen and oxygen atoms in total. The SMILES string of the molecule is CCCNC(=O)[C@@H](CC)N(Cc1ccc(Cl)cc1)C(=O)CN(c1ccccc1Cl)S(=O)(=O)c1ccccc1. The summed E-state index contributed by atoms with van der Waals surface area (Å²) in [4.78, 5) is 28.4. The first-order valence-electron chi connectivity index (χ1n) is 12.3. The van der Waals surface area contributed by atoms with Crippen LogP contribution in [-0.2, 0) is 26.2 Å². The second kappa shape index (κ2) is 13.6. The number of carbonyl (C=O) groups excluding carboxylic acids is 2. The van der Waals surface area contributed by atoms with Gasteiger partial charge in [0.25, 0.3) is 10.0 Å². The molecule has 0 saturated heterocycles. The third-order valence-corrected chi connectivity index (χ3v) is 8.28. The van der Waals surface area contributed by atoms with Crippen LogP contribution in [0.25, 0.3) is 0 Å². The van der Waals surface area contributed by atoms with Gasteiger partial charge >= 0.3 is 0 Å². The molecule has 3 aromatic carbocycles. The molecule has 202 valence electrons. The molecule has 0 aliphatic rings. The number of rotatable bonds is 12. The molecule has 0 unspecified atom stereocenters. The molecular formula is C28H31Cl2N3O4S. The van der Waals surface area contributed by atoms with Gasteiger partial charge in [-0.25, -0.2) is 8.42 Å². The number of benzene rings is 3. The summed E-state index contributed by atoms with van der Waals surface area (Å²) in [5.74, 6) is -0.843. The number of anilines is 1. The highest BCUT2D eigenvalue weighted by Gasteiger charge is 2.34. The number of hydrogen-bond donors (Lipinski definition) is 1. The van der Waals surface area contributed by atoms with Crippen LogP contribution in [0.15, 0.2) is 83.8 Å². The number of halogens is 2. The number of carbonyl (C=O) groups is 2. The lowest BCUT2D eigenvalue weighted by Gasteiger charge is -2.33. The average molecular weight is 577 g/mol. The van der Waals surface area contributed by atoms with Crippen molar-refractivity contribution in [3.8, 4) is 0 Å². The summed E-state index contributed by atoms with van der Waals surface area (Å²) in [6.07, 6.45) is 1.08. The number of hydrogen-bond acceptors (Lipinski definition) is 4. The Labute approximate surface area is 234 Å². The van der Waals surface area contributed by atoms with Crippen molar-refractivity contribution in [3.63, 3.8) is 0 Å². The molecule has 3 aromatic rings. The van der Waals surface area contributed by atoms with E-state index in [4.69, 9.17) is 23.2 Å². The Bertz CT molecular complexity index is 1340. The lowest BCUT2D eigenvalue weighted by molar-refractivity contribution is -0.140. The summed E-state index contributed by atoms with van der Waals surface area (Å²) < 4.78 is 28.5.